The van der Waals surface area contributed by atoms with Crippen LogP contribution in [0.15, 0.2) is 0 Å². The molecule has 0 bridgehead atoms. The van der Waals surface area contributed by atoms with Gasteiger partial charge in [0.15, 0.2) is 0 Å². The molecule has 3 N–H and O–H groups in total. The van der Waals surface area contributed by atoms with Crippen LogP contribution < -0.4 is 5.73 Å². The lowest BCUT2D eigenvalue weighted by atomic mass is 9.75. The standard InChI is InChI=1S/C13H29NO/c1-5-8-9-12(10-11(4)15)13(14,6-2)7-3/h11-12,15H,5-10,14H2,1-4H3. The Labute approximate surface area is 95.3 Å². The molecule has 0 aromatic rings. The van der Waals surface area contributed by atoms with Crippen LogP contribution in [0.1, 0.15) is 66.2 Å². The second kappa shape index (κ2) is 7.24. The molecule has 2 atom stereocenters. The highest BCUT2D eigenvalue weighted by Gasteiger charge is 2.31. The Morgan fingerprint density at radius 3 is 2.07 bits per heavy atom. The van der Waals surface area contributed by atoms with Gasteiger partial charge < -0.3 is 10.8 Å². The summed E-state index contributed by atoms with van der Waals surface area (Å²) in [5.41, 5.74) is 6.34. The van der Waals surface area contributed by atoms with Gasteiger partial charge in [-0.15, -0.1) is 0 Å². The molecule has 0 aliphatic heterocycles. The monoisotopic (exact) mass is 215 g/mol. The lowest BCUT2D eigenvalue weighted by Crippen LogP contribution is -2.47. The Bertz CT molecular complexity index is 153. The van der Waals surface area contributed by atoms with E-state index in [-0.39, 0.29) is 11.6 Å². The maximum absolute atomic E-state index is 9.52. The molecule has 0 fully saturated rings. The van der Waals surface area contributed by atoms with E-state index in [0.717, 1.165) is 25.7 Å². The predicted molar refractivity (Wildman–Crippen MR) is 66.8 cm³/mol. The summed E-state index contributed by atoms with van der Waals surface area (Å²) in [6, 6.07) is 0. The number of unbranched alkanes of at least 4 members (excludes halogenated alkanes) is 1. The van der Waals surface area contributed by atoms with Gasteiger partial charge >= 0.3 is 0 Å². The summed E-state index contributed by atoms with van der Waals surface area (Å²) in [6.07, 6.45) is 6.20. The van der Waals surface area contributed by atoms with E-state index < -0.39 is 0 Å². The maximum atomic E-state index is 9.52. The minimum atomic E-state index is -0.229. The van der Waals surface area contributed by atoms with E-state index in [0.29, 0.717) is 5.92 Å². The highest BCUT2D eigenvalue weighted by molar-refractivity contribution is 4.89. The smallest absolute Gasteiger partial charge is 0.0515 e. The third kappa shape index (κ3) is 4.98. The highest BCUT2D eigenvalue weighted by Crippen LogP contribution is 2.30. The van der Waals surface area contributed by atoms with E-state index in [1.54, 1.807) is 0 Å². The molecule has 0 aromatic heterocycles. The number of aliphatic hydroxyl groups excluding tert-OH is 1. The first-order valence-corrected chi connectivity index (χ1v) is 6.47. The molecule has 0 radical (unpaired) electrons. The van der Waals surface area contributed by atoms with E-state index in [1.165, 1.54) is 12.8 Å². The topological polar surface area (TPSA) is 46.2 Å². The molecule has 0 rings (SSSR count). The Morgan fingerprint density at radius 2 is 1.73 bits per heavy atom. The average Bonchev–Trinajstić information content (AvgIpc) is 2.22. The summed E-state index contributed by atoms with van der Waals surface area (Å²) in [5.74, 6) is 0.465. The zero-order valence-electron chi connectivity index (χ0n) is 10.9. The Hall–Kier alpha value is -0.0800. The number of rotatable bonds is 8. The van der Waals surface area contributed by atoms with Gasteiger partial charge in [0.05, 0.1) is 6.10 Å². The van der Waals surface area contributed by atoms with E-state index in [4.69, 9.17) is 5.73 Å². The van der Waals surface area contributed by atoms with Crippen LogP contribution in [0.2, 0.25) is 0 Å². The summed E-state index contributed by atoms with van der Waals surface area (Å²) in [5, 5.41) is 9.52. The van der Waals surface area contributed by atoms with E-state index in [1.807, 2.05) is 6.92 Å². The van der Waals surface area contributed by atoms with Gasteiger partial charge in [0, 0.05) is 5.54 Å². The largest absolute Gasteiger partial charge is 0.393 e. The van der Waals surface area contributed by atoms with Crippen molar-refractivity contribution in [2.24, 2.45) is 11.7 Å². The minimum Gasteiger partial charge on any atom is -0.393 e. The van der Waals surface area contributed by atoms with Gasteiger partial charge in [0.1, 0.15) is 0 Å². The maximum Gasteiger partial charge on any atom is 0.0515 e. The summed E-state index contributed by atoms with van der Waals surface area (Å²) < 4.78 is 0. The van der Waals surface area contributed by atoms with Crippen molar-refractivity contribution in [2.75, 3.05) is 0 Å². The molecular weight excluding hydrogens is 186 g/mol. The number of aliphatic hydroxyl groups is 1. The molecule has 15 heavy (non-hydrogen) atoms. The normalized spacial score (nSPS) is 16.4. The molecule has 0 amide bonds. The quantitative estimate of drug-likeness (QED) is 0.653. The van der Waals surface area contributed by atoms with Gasteiger partial charge in [0.2, 0.25) is 0 Å². The second-order valence-electron chi connectivity index (χ2n) is 4.86. The van der Waals surface area contributed by atoms with Crippen LogP contribution in [0.3, 0.4) is 0 Å². The van der Waals surface area contributed by atoms with E-state index in [2.05, 4.69) is 20.8 Å². The van der Waals surface area contributed by atoms with Crippen LogP contribution in [0.5, 0.6) is 0 Å². The Morgan fingerprint density at radius 1 is 1.20 bits per heavy atom. The fourth-order valence-electron chi connectivity index (χ4n) is 2.33. The van der Waals surface area contributed by atoms with Gasteiger partial charge in [-0.1, -0.05) is 33.6 Å². The van der Waals surface area contributed by atoms with Gasteiger partial charge in [-0.05, 0) is 38.5 Å². The molecule has 0 saturated heterocycles. The number of hydrogen-bond acceptors (Lipinski definition) is 2. The van der Waals surface area contributed by atoms with E-state index >= 15 is 0 Å². The zero-order chi connectivity index (χ0) is 11.9. The first kappa shape index (κ1) is 14.9. The molecule has 0 aromatic carbocycles. The average molecular weight is 215 g/mol. The SMILES string of the molecule is CCCCC(CC(C)O)C(N)(CC)CC. The molecule has 2 nitrogen and oxygen atoms in total. The van der Waals surface area contributed by atoms with Crippen molar-refractivity contribution in [1.82, 2.24) is 0 Å². The second-order valence-corrected chi connectivity index (χ2v) is 4.86. The van der Waals surface area contributed by atoms with Crippen LogP contribution in [0, 0.1) is 5.92 Å². The van der Waals surface area contributed by atoms with Crippen LogP contribution in [0.25, 0.3) is 0 Å². The summed E-state index contributed by atoms with van der Waals surface area (Å²) in [4.78, 5) is 0. The van der Waals surface area contributed by atoms with Crippen LogP contribution in [-0.4, -0.2) is 16.7 Å². The molecule has 0 spiro atoms. The van der Waals surface area contributed by atoms with Crippen molar-refractivity contribution in [3.63, 3.8) is 0 Å². The van der Waals surface area contributed by atoms with Gasteiger partial charge in [-0.3, -0.25) is 0 Å². The summed E-state index contributed by atoms with van der Waals surface area (Å²) in [7, 11) is 0. The van der Waals surface area contributed by atoms with Crippen LogP contribution in [-0.2, 0) is 0 Å². The first-order valence-electron chi connectivity index (χ1n) is 6.47. The molecular formula is C13H29NO. The molecule has 0 saturated carbocycles. The molecule has 2 unspecified atom stereocenters. The fourth-order valence-corrected chi connectivity index (χ4v) is 2.33. The molecule has 0 heterocycles. The fraction of sp³-hybridized carbons (Fsp3) is 1.00. The molecule has 92 valence electrons. The Kier molecular flexibility index (Phi) is 7.20. The van der Waals surface area contributed by atoms with Crippen LogP contribution in [0.4, 0.5) is 0 Å². The van der Waals surface area contributed by atoms with Crippen molar-refractivity contribution >= 4 is 0 Å². The predicted octanol–water partition coefficient (Wildman–Crippen LogP) is 3.08. The van der Waals surface area contributed by atoms with Crippen molar-refractivity contribution in [2.45, 2.75) is 77.9 Å². The van der Waals surface area contributed by atoms with Gasteiger partial charge in [0.25, 0.3) is 0 Å². The van der Waals surface area contributed by atoms with Crippen molar-refractivity contribution < 1.29 is 5.11 Å². The number of hydrogen-bond donors (Lipinski definition) is 2. The van der Waals surface area contributed by atoms with Gasteiger partial charge in [-0.25, -0.2) is 0 Å². The van der Waals surface area contributed by atoms with E-state index in [9.17, 15) is 5.11 Å². The number of nitrogens with two attached hydrogens (primary N) is 1. The molecule has 0 aliphatic carbocycles. The third-order valence-electron chi connectivity index (χ3n) is 3.66. The lowest BCUT2D eigenvalue weighted by molar-refractivity contribution is 0.116. The highest BCUT2D eigenvalue weighted by atomic mass is 16.3. The first-order chi connectivity index (χ1) is 7.00. The summed E-state index contributed by atoms with van der Waals surface area (Å²) in [6.45, 7) is 8.38. The van der Waals surface area contributed by atoms with Gasteiger partial charge in [-0.2, -0.15) is 0 Å². The third-order valence-corrected chi connectivity index (χ3v) is 3.66. The lowest BCUT2D eigenvalue weighted by Gasteiger charge is -2.37. The zero-order valence-corrected chi connectivity index (χ0v) is 10.9. The van der Waals surface area contributed by atoms with Crippen molar-refractivity contribution in [1.29, 1.82) is 0 Å². The Balaban J connectivity index is 4.43. The van der Waals surface area contributed by atoms with Crippen LogP contribution >= 0.6 is 0 Å². The summed E-state index contributed by atoms with van der Waals surface area (Å²) >= 11 is 0. The van der Waals surface area contributed by atoms with Crippen molar-refractivity contribution in [3.05, 3.63) is 0 Å². The van der Waals surface area contributed by atoms with Crippen molar-refractivity contribution in [3.8, 4) is 0 Å². The minimum absolute atomic E-state index is 0.0772. The molecule has 2 heteroatoms. The molecule has 0 aliphatic rings.